The molecule has 0 aromatic heterocycles. The van der Waals surface area contributed by atoms with Gasteiger partial charge >= 0.3 is 57.4 Å². The summed E-state index contributed by atoms with van der Waals surface area (Å²) in [6.07, 6.45) is 0. The summed E-state index contributed by atoms with van der Waals surface area (Å²) in [7, 11) is 0. The van der Waals surface area contributed by atoms with E-state index in [4.69, 9.17) is 0 Å². The van der Waals surface area contributed by atoms with Crippen LogP contribution in [0.2, 0.25) is 0 Å². The Morgan fingerprint density at radius 2 is 1.91 bits per heavy atom. The maximum Gasteiger partial charge on any atom is 1.00 e. The molecule has 0 aliphatic heterocycles. The Balaban J connectivity index is 0.00000441. The van der Waals surface area contributed by atoms with E-state index in [2.05, 4.69) is 11.4 Å². The van der Waals surface area contributed by atoms with Gasteiger partial charge in [0.25, 0.3) is 0 Å². The number of hydrogen-bond acceptors (Lipinski definition) is 3. The van der Waals surface area contributed by atoms with Crippen molar-refractivity contribution in [1.29, 1.82) is 0 Å². The number of aliphatic carboxylic acids is 1. The van der Waals surface area contributed by atoms with Gasteiger partial charge in [0.15, 0.2) is 0 Å². The molecule has 0 radical (unpaired) electrons. The minimum Gasteiger partial charge on any atom is -0.548 e. The molecule has 1 unspecified atom stereocenters. The largest absolute Gasteiger partial charge is 1.00 e. The molecule has 0 saturated carbocycles. The van der Waals surface area contributed by atoms with Gasteiger partial charge in [-0.1, -0.05) is 36.8 Å². The van der Waals surface area contributed by atoms with Crippen molar-refractivity contribution in [2.75, 3.05) is 13.1 Å². The fourth-order valence-electron chi connectivity index (χ4n) is 2.06. The Hall–Kier alpha value is -0.404. The molecule has 0 spiro atoms. The first-order valence-electron chi connectivity index (χ1n) is 7.12. The van der Waals surface area contributed by atoms with Gasteiger partial charge in [0, 0.05) is 12.6 Å². The van der Waals surface area contributed by atoms with Crippen LogP contribution < -0.4 is 61.8 Å². The second-order valence-electron chi connectivity index (χ2n) is 5.59. The van der Waals surface area contributed by atoms with E-state index in [1.807, 2.05) is 32.0 Å². The molecule has 1 aromatic rings. The molecule has 116 valence electrons. The average Bonchev–Trinajstić information content (AvgIpc) is 2.41. The van der Waals surface area contributed by atoms with Gasteiger partial charge in [-0.05, 0) is 32.3 Å². The summed E-state index contributed by atoms with van der Waals surface area (Å²) in [5.41, 5.74) is 2.32. The van der Waals surface area contributed by atoms with Crippen LogP contribution in [0.3, 0.4) is 0 Å². The van der Waals surface area contributed by atoms with Crippen LogP contribution in [0, 0.1) is 6.92 Å². The van der Waals surface area contributed by atoms with Gasteiger partial charge in [-0.3, -0.25) is 0 Å². The number of rotatable bonds is 6. The molecule has 2 amide bonds. The van der Waals surface area contributed by atoms with E-state index in [0.717, 1.165) is 5.56 Å². The number of carbonyl (C=O) groups excluding carboxylic acids is 2. The maximum atomic E-state index is 12.0. The van der Waals surface area contributed by atoms with Crippen LogP contribution in [0.5, 0.6) is 0 Å². The predicted molar refractivity (Wildman–Crippen MR) is 79.8 cm³/mol. The number of hydrogen-bond donors (Lipinski definition) is 1. The zero-order valence-electron chi connectivity index (χ0n) is 14.1. The SMILES string of the molecule is Cc1cccc(C(C)CNC(=O)N(CC(=O)[O-])C(C)C)c1.[K+]. The summed E-state index contributed by atoms with van der Waals surface area (Å²) in [4.78, 5) is 24.0. The fraction of sp³-hybridized carbons (Fsp3) is 0.500. The molecule has 1 atom stereocenters. The molecule has 0 bridgehead atoms. The van der Waals surface area contributed by atoms with E-state index in [9.17, 15) is 14.7 Å². The van der Waals surface area contributed by atoms with Crippen LogP contribution in [-0.2, 0) is 4.79 Å². The minimum atomic E-state index is -1.26. The summed E-state index contributed by atoms with van der Waals surface area (Å²) in [6.45, 7) is 7.64. The Morgan fingerprint density at radius 1 is 1.27 bits per heavy atom. The number of carboxylic acid groups (broad SMARTS) is 1. The second kappa shape index (κ2) is 10.4. The van der Waals surface area contributed by atoms with Gasteiger partial charge in [0.05, 0.1) is 12.5 Å². The van der Waals surface area contributed by atoms with Gasteiger partial charge in [-0.15, -0.1) is 0 Å². The van der Waals surface area contributed by atoms with Crippen molar-refractivity contribution in [2.45, 2.75) is 39.7 Å². The van der Waals surface area contributed by atoms with Crippen LogP contribution >= 0.6 is 0 Å². The summed E-state index contributed by atoms with van der Waals surface area (Å²) < 4.78 is 0. The third kappa shape index (κ3) is 7.24. The average molecular weight is 330 g/mol. The number of nitrogens with one attached hydrogen (secondary N) is 1. The van der Waals surface area contributed by atoms with Crippen molar-refractivity contribution in [3.8, 4) is 0 Å². The number of nitrogens with zero attached hydrogens (tertiary/aromatic N) is 1. The molecule has 6 heteroatoms. The summed E-state index contributed by atoms with van der Waals surface area (Å²) in [5.74, 6) is -1.10. The number of carbonyl (C=O) groups is 2. The summed E-state index contributed by atoms with van der Waals surface area (Å²) >= 11 is 0. The molecule has 0 aliphatic rings. The predicted octanol–water partition coefficient (Wildman–Crippen LogP) is -1.73. The van der Waals surface area contributed by atoms with Crippen molar-refractivity contribution < 1.29 is 66.1 Å². The van der Waals surface area contributed by atoms with Crippen LogP contribution in [0.1, 0.15) is 37.8 Å². The number of benzene rings is 1. The van der Waals surface area contributed by atoms with Crippen molar-refractivity contribution in [3.05, 3.63) is 35.4 Å². The molecular formula is C16H23KN2O3. The molecule has 1 aromatic carbocycles. The molecule has 0 heterocycles. The van der Waals surface area contributed by atoms with Crippen LogP contribution in [-0.4, -0.2) is 36.0 Å². The topological polar surface area (TPSA) is 72.5 Å². The molecule has 0 saturated heterocycles. The molecule has 22 heavy (non-hydrogen) atoms. The smallest absolute Gasteiger partial charge is 0.548 e. The minimum absolute atomic E-state index is 0. The van der Waals surface area contributed by atoms with E-state index in [0.29, 0.717) is 6.54 Å². The van der Waals surface area contributed by atoms with E-state index < -0.39 is 12.5 Å². The molecule has 1 N–H and O–H groups in total. The zero-order chi connectivity index (χ0) is 16.0. The molecule has 0 fully saturated rings. The molecule has 1 rings (SSSR count). The maximum absolute atomic E-state index is 12.0. The Labute approximate surface area is 174 Å². The third-order valence-electron chi connectivity index (χ3n) is 3.35. The summed E-state index contributed by atoms with van der Waals surface area (Å²) in [6, 6.07) is 7.53. The van der Waals surface area contributed by atoms with Crippen LogP contribution in [0.15, 0.2) is 24.3 Å². The van der Waals surface area contributed by atoms with E-state index in [-0.39, 0.29) is 69.4 Å². The number of urea groups is 1. The third-order valence-corrected chi connectivity index (χ3v) is 3.35. The van der Waals surface area contributed by atoms with E-state index >= 15 is 0 Å². The quantitative estimate of drug-likeness (QED) is 0.630. The van der Waals surface area contributed by atoms with Gasteiger partial charge in [-0.2, -0.15) is 0 Å². The first kappa shape index (κ1) is 21.6. The monoisotopic (exact) mass is 330 g/mol. The van der Waals surface area contributed by atoms with Gasteiger partial charge in [0.1, 0.15) is 0 Å². The standard InChI is InChI=1S/C16H24N2O3.K/c1-11(2)18(10-15(19)20)16(21)17-9-13(4)14-7-5-6-12(3)8-14;/h5-8,11,13H,9-10H2,1-4H3,(H,17,21)(H,19,20);/q;+1/p-1. The van der Waals surface area contributed by atoms with Crippen LogP contribution in [0.25, 0.3) is 0 Å². The van der Waals surface area contributed by atoms with E-state index in [1.165, 1.54) is 10.5 Å². The molecular weight excluding hydrogens is 307 g/mol. The molecule has 5 nitrogen and oxygen atoms in total. The number of carboxylic acids is 1. The van der Waals surface area contributed by atoms with Gasteiger partial charge in [0.2, 0.25) is 0 Å². The number of amides is 2. The first-order chi connectivity index (χ1) is 9.81. The zero-order valence-corrected chi connectivity index (χ0v) is 17.2. The van der Waals surface area contributed by atoms with Crippen molar-refractivity contribution in [1.82, 2.24) is 10.2 Å². The van der Waals surface area contributed by atoms with Crippen molar-refractivity contribution in [3.63, 3.8) is 0 Å². The number of aryl methyl sites for hydroxylation is 1. The van der Waals surface area contributed by atoms with Crippen LogP contribution in [0.4, 0.5) is 4.79 Å². The second-order valence-corrected chi connectivity index (χ2v) is 5.59. The Kier molecular flexibility index (Phi) is 10.2. The molecule has 0 aliphatic carbocycles. The van der Waals surface area contributed by atoms with E-state index in [1.54, 1.807) is 13.8 Å². The van der Waals surface area contributed by atoms with Crippen molar-refractivity contribution in [2.24, 2.45) is 0 Å². The Morgan fingerprint density at radius 3 is 2.41 bits per heavy atom. The van der Waals surface area contributed by atoms with Crippen molar-refractivity contribution >= 4 is 12.0 Å². The first-order valence-corrected chi connectivity index (χ1v) is 7.12. The Bertz CT molecular complexity index is 506. The fourth-order valence-corrected chi connectivity index (χ4v) is 2.06. The normalized spacial score (nSPS) is 11.5. The van der Waals surface area contributed by atoms with Gasteiger partial charge < -0.3 is 20.1 Å². The summed E-state index contributed by atoms with van der Waals surface area (Å²) in [5, 5.41) is 13.5. The van der Waals surface area contributed by atoms with Gasteiger partial charge in [-0.25, -0.2) is 4.79 Å².